The molecular weight excluding hydrogens is 316 g/mol. The first kappa shape index (κ1) is 17.1. The Morgan fingerprint density at radius 1 is 0.846 bits per heavy atom. The van der Waals surface area contributed by atoms with Gasteiger partial charge in [0.05, 0.1) is 6.10 Å². The molecule has 3 aromatic rings. The molecule has 0 saturated carbocycles. The van der Waals surface area contributed by atoms with E-state index in [2.05, 4.69) is 68.4 Å². The fourth-order valence-electron chi connectivity index (χ4n) is 4.54. The van der Waals surface area contributed by atoms with Crippen molar-refractivity contribution in [2.75, 3.05) is 0 Å². The summed E-state index contributed by atoms with van der Waals surface area (Å²) in [6.07, 6.45) is 2.46. The van der Waals surface area contributed by atoms with Crippen molar-refractivity contribution in [2.24, 2.45) is 0 Å². The van der Waals surface area contributed by atoms with Gasteiger partial charge in [-0.2, -0.15) is 0 Å². The highest BCUT2D eigenvalue weighted by atomic mass is 16.3. The molecule has 4 rings (SSSR count). The molecule has 3 aromatic carbocycles. The van der Waals surface area contributed by atoms with E-state index >= 15 is 0 Å². The van der Waals surface area contributed by atoms with Gasteiger partial charge < -0.3 is 5.11 Å². The van der Waals surface area contributed by atoms with Crippen LogP contribution in [0.1, 0.15) is 55.0 Å². The van der Waals surface area contributed by atoms with Crippen molar-refractivity contribution < 1.29 is 5.11 Å². The predicted octanol–water partition coefficient (Wildman–Crippen LogP) is 6.05. The summed E-state index contributed by atoms with van der Waals surface area (Å²) in [5, 5.41) is 10.8. The smallest absolute Gasteiger partial charge is 0.0830 e. The summed E-state index contributed by atoms with van der Waals surface area (Å²) in [4.78, 5) is 0. The maximum Gasteiger partial charge on any atom is 0.0830 e. The van der Waals surface area contributed by atoms with Crippen LogP contribution >= 0.6 is 0 Å². The lowest BCUT2D eigenvalue weighted by atomic mass is 9.76. The molecule has 0 bridgehead atoms. The molecule has 0 aliphatic heterocycles. The summed E-state index contributed by atoms with van der Waals surface area (Å²) in [7, 11) is 0. The molecule has 0 amide bonds. The standard InChI is InChI=1S/C25H26O/c1-3-15-25(2)22-12-8-7-11-20(22)21-17-19(13-14-23(21)25)24(26)16-18-9-5-4-6-10-18/h4-14,17,24,26H,3,15-16H2,1-2H3. The van der Waals surface area contributed by atoms with E-state index in [4.69, 9.17) is 0 Å². The van der Waals surface area contributed by atoms with Gasteiger partial charge >= 0.3 is 0 Å². The molecule has 0 saturated heterocycles. The number of hydrogen-bond acceptors (Lipinski definition) is 1. The van der Waals surface area contributed by atoms with Gasteiger partial charge in [0.1, 0.15) is 0 Å². The Labute approximate surface area is 156 Å². The first-order valence-electron chi connectivity index (χ1n) is 9.60. The fraction of sp³-hybridized carbons (Fsp3) is 0.280. The van der Waals surface area contributed by atoms with Gasteiger partial charge in [0.25, 0.3) is 0 Å². The molecule has 0 aromatic heterocycles. The molecule has 1 aliphatic rings. The SMILES string of the molecule is CCCC1(C)c2ccccc2-c2cc(C(O)Cc3ccccc3)ccc21. The Bertz CT molecular complexity index is 912. The molecule has 1 nitrogen and oxygen atoms in total. The summed E-state index contributed by atoms with van der Waals surface area (Å²) in [5.41, 5.74) is 7.68. The lowest BCUT2D eigenvalue weighted by Gasteiger charge is -2.27. The lowest BCUT2D eigenvalue weighted by molar-refractivity contribution is 0.178. The van der Waals surface area contributed by atoms with Crippen LogP contribution in [-0.2, 0) is 11.8 Å². The third-order valence-electron chi connectivity index (χ3n) is 5.86. The highest BCUT2D eigenvalue weighted by molar-refractivity contribution is 5.81. The highest BCUT2D eigenvalue weighted by Gasteiger charge is 2.38. The number of fused-ring (bicyclic) bond motifs is 3. The van der Waals surface area contributed by atoms with Gasteiger partial charge in [-0.25, -0.2) is 0 Å². The zero-order chi connectivity index (χ0) is 18.1. The van der Waals surface area contributed by atoms with Crippen molar-refractivity contribution in [1.29, 1.82) is 0 Å². The Hall–Kier alpha value is -2.38. The number of hydrogen-bond donors (Lipinski definition) is 1. The molecule has 2 unspecified atom stereocenters. The fourth-order valence-corrected chi connectivity index (χ4v) is 4.54. The summed E-state index contributed by atoms with van der Waals surface area (Å²) in [6.45, 7) is 4.62. The van der Waals surface area contributed by atoms with Gasteiger partial charge in [-0.05, 0) is 45.9 Å². The van der Waals surface area contributed by atoms with E-state index in [1.54, 1.807) is 0 Å². The maximum absolute atomic E-state index is 10.8. The zero-order valence-corrected chi connectivity index (χ0v) is 15.6. The molecule has 0 radical (unpaired) electrons. The van der Waals surface area contributed by atoms with Gasteiger partial charge in [0.2, 0.25) is 0 Å². The number of aliphatic hydroxyl groups excluding tert-OH is 1. The van der Waals surface area contributed by atoms with Gasteiger partial charge in [0.15, 0.2) is 0 Å². The van der Waals surface area contributed by atoms with Crippen molar-refractivity contribution in [3.05, 3.63) is 95.1 Å². The van der Waals surface area contributed by atoms with Crippen molar-refractivity contribution in [2.45, 2.75) is 44.6 Å². The topological polar surface area (TPSA) is 20.2 Å². The largest absolute Gasteiger partial charge is 0.388 e. The summed E-state index contributed by atoms with van der Waals surface area (Å²) in [5.74, 6) is 0. The molecule has 0 heterocycles. The minimum atomic E-state index is -0.479. The Balaban J connectivity index is 1.74. The van der Waals surface area contributed by atoms with Crippen LogP contribution < -0.4 is 0 Å². The van der Waals surface area contributed by atoms with Crippen LogP contribution in [0.2, 0.25) is 0 Å². The minimum absolute atomic E-state index is 0.0730. The molecule has 2 atom stereocenters. The summed E-state index contributed by atoms with van der Waals surface area (Å²) < 4.78 is 0. The van der Waals surface area contributed by atoms with Crippen LogP contribution in [0.3, 0.4) is 0 Å². The minimum Gasteiger partial charge on any atom is -0.388 e. The third kappa shape index (κ3) is 2.77. The van der Waals surface area contributed by atoms with Crippen LogP contribution in [0.5, 0.6) is 0 Å². The molecule has 26 heavy (non-hydrogen) atoms. The lowest BCUT2D eigenvalue weighted by Crippen LogP contribution is -2.20. The summed E-state index contributed by atoms with van der Waals surface area (Å²) >= 11 is 0. The second-order valence-electron chi connectivity index (χ2n) is 7.64. The average Bonchev–Trinajstić information content (AvgIpc) is 2.92. The van der Waals surface area contributed by atoms with Gasteiger partial charge in [-0.15, -0.1) is 0 Å². The molecule has 1 aliphatic carbocycles. The molecule has 0 spiro atoms. The first-order chi connectivity index (χ1) is 12.6. The Morgan fingerprint density at radius 2 is 1.54 bits per heavy atom. The van der Waals surface area contributed by atoms with Crippen molar-refractivity contribution in [1.82, 2.24) is 0 Å². The molecule has 1 heteroatoms. The van der Waals surface area contributed by atoms with Gasteiger partial charge in [0, 0.05) is 11.8 Å². The van der Waals surface area contributed by atoms with Crippen LogP contribution in [0.4, 0.5) is 0 Å². The van der Waals surface area contributed by atoms with E-state index in [0.717, 1.165) is 24.0 Å². The zero-order valence-electron chi connectivity index (χ0n) is 15.6. The van der Waals surface area contributed by atoms with E-state index in [1.165, 1.54) is 22.3 Å². The maximum atomic E-state index is 10.8. The average molecular weight is 342 g/mol. The van der Waals surface area contributed by atoms with Crippen LogP contribution in [0, 0.1) is 0 Å². The predicted molar refractivity (Wildman–Crippen MR) is 108 cm³/mol. The number of benzene rings is 3. The molecule has 0 fully saturated rings. The molecule has 1 N–H and O–H groups in total. The van der Waals surface area contributed by atoms with Crippen molar-refractivity contribution >= 4 is 0 Å². The van der Waals surface area contributed by atoms with Gasteiger partial charge in [-0.1, -0.05) is 87.0 Å². The van der Waals surface area contributed by atoms with Crippen molar-refractivity contribution in [3.63, 3.8) is 0 Å². The Morgan fingerprint density at radius 3 is 2.31 bits per heavy atom. The van der Waals surface area contributed by atoms with Crippen LogP contribution in [-0.4, -0.2) is 5.11 Å². The normalized spacial score (nSPS) is 19.0. The summed E-state index contributed by atoms with van der Waals surface area (Å²) in [6, 6.07) is 25.5. The van der Waals surface area contributed by atoms with E-state index in [0.29, 0.717) is 6.42 Å². The third-order valence-corrected chi connectivity index (χ3v) is 5.86. The van der Waals surface area contributed by atoms with Crippen molar-refractivity contribution in [3.8, 4) is 11.1 Å². The monoisotopic (exact) mass is 342 g/mol. The van der Waals surface area contributed by atoms with Crippen LogP contribution in [0.25, 0.3) is 11.1 Å². The second-order valence-corrected chi connectivity index (χ2v) is 7.64. The van der Waals surface area contributed by atoms with E-state index < -0.39 is 6.10 Å². The molecular formula is C25H26O. The second kappa shape index (κ2) is 6.74. The van der Waals surface area contributed by atoms with E-state index in [9.17, 15) is 5.11 Å². The first-order valence-corrected chi connectivity index (χ1v) is 9.60. The van der Waals surface area contributed by atoms with Gasteiger partial charge in [-0.3, -0.25) is 0 Å². The van der Waals surface area contributed by atoms with E-state index in [-0.39, 0.29) is 5.41 Å². The highest BCUT2D eigenvalue weighted by Crippen LogP contribution is 2.51. The number of aliphatic hydroxyl groups is 1. The number of rotatable bonds is 5. The van der Waals surface area contributed by atoms with E-state index in [1.807, 2.05) is 18.2 Å². The van der Waals surface area contributed by atoms with Crippen LogP contribution in [0.15, 0.2) is 72.8 Å². The Kier molecular flexibility index (Phi) is 4.42. The molecule has 132 valence electrons. The quantitative estimate of drug-likeness (QED) is 0.598.